The molecule has 4 N–H and O–H groups in total. The van der Waals surface area contributed by atoms with Crippen molar-refractivity contribution in [2.75, 3.05) is 33.9 Å². The normalized spacial score (nSPS) is 18.4. The standard InChI is InChI=1S/C38H48N8O6/c1-22(2)33(44-38(50)52-5)36(48)46-15-7-9-31(46)35-40-21-29(43-35)27-13-11-24-17-26(12-10-25(24)18-27)28-20-39-34(42-28)30-8-6-14-45(30)32(47)16-23(3)19-41-37(49)51-4/h10-13,17-18,20-23,30-31,33H,6-9,14-16,19H2,1-5H3,(H,39,42)(H,40,43)(H,41,49)(H,44,50). The fourth-order valence-corrected chi connectivity index (χ4v) is 7.25. The van der Waals surface area contributed by atoms with E-state index >= 15 is 0 Å². The van der Waals surface area contributed by atoms with Crippen LogP contribution in [-0.4, -0.2) is 93.6 Å². The predicted molar refractivity (Wildman–Crippen MR) is 195 cm³/mol. The highest BCUT2D eigenvalue weighted by atomic mass is 16.5. The van der Waals surface area contributed by atoms with Crippen LogP contribution in [0.4, 0.5) is 9.59 Å². The molecule has 0 radical (unpaired) electrons. The van der Waals surface area contributed by atoms with Crippen LogP contribution in [0.15, 0.2) is 48.8 Å². The van der Waals surface area contributed by atoms with Gasteiger partial charge in [-0.25, -0.2) is 19.6 Å². The van der Waals surface area contributed by atoms with Crippen LogP contribution in [-0.2, 0) is 19.1 Å². The number of imidazole rings is 2. The molecule has 4 aromatic rings. The topological polar surface area (TPSA) is 175 Å². The molecule has 4 heterocycles. The average Bonchev–Trinajstić information content (AvgIpc) is 3.98. The Hall–Kier alpha value is -5.40. The van der Waals surface area contributed by atoms with Crippen molar-refractivity contribution in [3.63, 3.8) is 0 Å². The maximum absolute atomic E-state index is 13.5. The Kier molecular flexibility index (Phi) is 11.1. The first-order valence-corrected chi connectivity index (χ1v) is 18.0. The number of ether oxygens (including phenoxy) is 2. The Labute approximate surface area is 303 Å². The minimum atomic E-state index is -0.689. The van der Waals surface area contributed by atoms with Crippen LogP contribution in [0.25, 0.3) is 33.3 Å². The number of nitrogens with one attached hydrogen (secondary N) is 4. The molecule has 276 valence electrons. The van der Waals surface area contributed by atoms with Crippen LogP contribution in [0.3, 0.4) is 0 Å². The number of hydrogen-bond donors (Lipinski definition) is 4. The number of aromatic amines is 2. The number of fused-ring (bicyclic) bond motifs is 1. The number of methoxy groups -OCH3 is 2. The predicted octanol–water partition coefficient (Wildman–Crippen LogP) is 5.71. The van der Waals surface area contributed by atoms with Gasteiger partial charge in [0.25, 0.3) is 0 Å². The van der Waals surface area contributed by atoms with Gasteiger partial charge in [-0.2, -0.15) is 0 Å². The zero-order valence-corrected chi connectivity index (χ0v) is 30.4. The van der Waals surface area contributed by atoms with Gasteiger partial charge in [-0.15, -0.1) is 0 Å². The van der Waals surface area contributed by atoms with Crippen molar-refractivity contribution in [1.29, 1.82) is 0 Å². The summed E-state index contributed by atoms with van der Waals surface area (Å²) in [6.07, 6.45) is 6.20. The van der Waals surface area contributed by atoms with E-state index in [9.17, 15) is 19.2 Å². The molecule has 0 saturated carbocycles. The van der Waals surface area contributed by atoms with Crippen molar-refractivity contribution in [2.45, 2.75) is 71.0 Å². The number of rotatable bonds is 11. The maximum atomic E-state index is 13.5. The Balaban J connectivity index is 1.13. The number of nitrogens with zero attached hydrogens (tertiary/aromatic N) is 4. The molecule has 2 saturated heterocycles. The summed E-state index contributed by atoms with van der Waals surface area (Å²) in [6.45, 7) is 7.37. The maximum Gasteiger partial charge on any atom is 0.407 e. The molecule has 0 spiro atoms. The number of carbonyl (C=O) groups excluding carboxylic acids is 4. The highest BCUT2D eigenvalue weighted by Gasteiger charge is 2.37. The summed E-state index contributed by atoms with van der Waals surface area (Å²) in [7, 11) is 2.61. The summed E-state index contributed by atoms with van der Waals surface area (Å²) >= 11 is 0. The molecule has 14 nitrogen and oxygen atoms in total. The van der Waals surface area contributed by atoms with Crippen LogP contribution >= 0.6 is 0 Å². The number of hydrogen-bond acceptors (Lipinski definition) is 8. The SMILES string of the molecule is COC(=O)NCC(C)CC(=O)N1CCCC1c1ncc(-c2ccc3cc(-c4cnc(C5CCCN5C(=O)C(NC(=O)OC)C(C)C)[nH]4)ccc3c2)[nH]1. The monoisotopic (exact) mass is 712 g/mol. The smallest absolute Gasteiger partial charge is 0.407 e. The molecule has 2 aromatic heterocycles. The fourth-order valence-electron chi connectivity index (χ4n) is 7.25. The number of amides is 4. The number of aromatic nitrogens is 4. The molecule has 6 rings (SSSR count). The van der Waals surface area contributed by atoms with E-state index in [0.29, 0.717) is 26.1 Å². The summed E-state index contributed by atoms with van der Waals surface area (Å²) in [5.41, 5.74) is 3.71. The zero-order chi connectivity index (χ0) is 36.9. The molecule has 0 aliphatic carbocycles. The van der Waals surface area contributed by atoms with Gasteiger partial charge in [-0.1, -0.05) is 45.0 Å². The minimum Gasteiger partial charge on any atom is -0.453 e. The summed E-state index contributed by atoms with van der Waals surface area (Å²) in [4.78, 5) is 70.1. The van der Waals surface area contributed by atoms with E-state index in [1.165, 1.54) is 14.2 Å². The van der Waals surface area contributed by atoms with E-state index in [1.807, 2.05) is 43.0 Å². The summed E-state index contributed by atoms with van der Waals surface area (Å²) in [5, 5.41) is 7.49. The highest BCUT2D eigenvalue weighted by Crippen LogP contribution is 2.35. The van der Waals surface area contributed by atoms with E-state index in [0.717, 1.165) is 70.6 Å². The zero-order valence-electron chi connectivity index (χ0n) is 30.4. The molecule has 4 atom stereocenters. The molecular weight excluding hydrogens is 664 g/mol. The van der Waals surface area contributed by atoms with Crippen LogP contribution < -0.4 is 10.6 Å². The number of H-pyrrole nitrogens is 2. The highest BCUT2D eigenvalue weighted by molar-refractivity contribution is 5.90. The van der Waals surface area contributed by atoms with Crippen molar-refractivity contribution < 1.29 is 28.7 Å². The van der Waals surface area contributed by atoms with Crippen molar-refractivity contribution in [1.82, 2.24) is 40.4 Å². The first-order chi connectivity index (χ1) is 25.1. The second kappa shape index (κ2) is 15.9. The van der Waals surface area contributed by atoms with E-state index in [4.69, 9.17) is 9.72 Å². The Morgan fingerprint density at radius 1 is 0.808 bits per heavy atom. The number of carbonyl (C=O) groups is 4. The van der Waals surface area contributed by atoms with Crippen molar-refractivity contribution in [2.24, 2.45) is 11.8 Å². The first kappa shape index (κ1) is 36.4. The van der Waals surface area contributed by atoms with Gasteiger partial charge in [0.05, 0.1) is 50.1 Å². The Bertz CT molecular complexity index is 1920. The van der Waals surface area contributed by atoms with Gasteiger partial charge in [-0.05, 0) is 60.4 Å². The number of benzene rings is 2. The summed E-state index contributed by atoms with van der Waals surface area (Å²) in [6, 6.07) is 11.5. The third-order valence-electron chi connectivity index (χ3n) is 10.1. The first-order valence-electron chi connectivity index (χ1n) is 18.0. The molecule has 4 amide bonds. The van der Waals surface area contributed by atoms with E-state index in [1.54, 1.807) is 0 Å². The van der Waals surface area contributed by atoms with Gasteiger partial charge in [-0.3, -0.25) is 9.59 Å². The van der Waals surface area contributed by atoms with Crippen LogP contribution in [0, 0.1) is 11.8 Å². The van der Waals surface area contributed by atoms with Crippen molar-refractivity contribution in [3.8, 4) is 22.5 Å². The third kappa shape index (κ3) is 7.90. The van der Waals surface area contributed by atoms with E-state index in [-0.39, 0.29) is 35.7 Å². The van der Waals surface area contributed by atoms with E-state index < -0.39 is 18.2 Å². The molecular formula is C38H48N8O6. The van der Waals surface area contributed by atoms with Gasteiger partial charge < -0.3 is 39.9 Å². The Morgan fingerprint density at radius 2 is 1.35 bits per heavy atom. The van der Waals surface area contributed by atoms with Gasteiger partial charge in [0.15, 0.2) is 0 Å². The quantitative estimate of drug-likeness (QED) is 0.153. The second-order valence-corrected chi connectivity index (χ2v) is 14.1. The number of likely N-dealkylation sites (tertiary alicyclic amines) is 2. The van der Waals surface area contributed by atoms with Crippen molar-refractivity contribution in [3.05, 3.63) is 60.4 Å². The lowest BCUT2D eigenvalue weighted by atomic mass is 10.0. The molecule has 52 heavy (non-hydrogen) atoms. The molecule has 0 bridgehead atoms. The van der Waals surface area contributed by atoms with Crippen LogP contribution in [0.2, 0.25) is 0 Å². The molecule has 2 aliphatic rings. The van der Waals surface area contributed by atoms with Gasteiger partial charge in [0.1, 0.15) is 17.7 Å². The van der Waals surface area contributed by atoms with Gasteiger partial charge in [0, 0.05) is 37.2 Å². The largest absolute Gasteiger partial charge is 0.453 e. The van der Waals surface area contributed by atoms with E-state index in [2.05, 4.69) is 66.7 Å². The molecule has 2 fully saturated rings. The minimum absolute atomic E-state index is 0.0253. The molecule has 2 aromatic carbocycles. The average molecular weight is 713 g/mol. The lowest BCUT2D eigenvalue weighted by Crippen LogP contribution is -2.51. The van der Waals surface area contributed by atoms with Crippen LogP contribution in [0.1, 0.15) is 76.6 Å². The summed E-state index contributed by atoms with van der Waals surface area (Å²) in [5.74, 6) is 1.27. The lowest BCUT2D eigenvalue weighted by molar-refractivity contribution is -0.135. The summed E-state index contributed by atoms with van der Waals surface area (Å²) < 4.78 is 9.38. The Morgan fingerprint density at radius 3 is 1.88 bits per heavy atom. The fraction of sp³-hybridized carbons (Fsp3) is 0.474. The molecule has 4 unspecified atom stereocenters. The molecule has 14 heteroatoms. The lowest BCUT2D eigenvalue weighted by Gasteiger charge is -2.30. The van der Waals surface area contributed by atoms with Crippen LogP contribution in [0.5, 0.6) is 0 Å². The van der Waals surface area contributed by atoms with Gasteiger partial charge >= 0.3 is 12.2 Å². The molecule has 2 aliphatic heterocycles. The van der Waals surface area contributed by atoms with Gasteiger partial charge in [0.2, 0.25) is 11.8 Å². The second-order valence-electron chi connectivity index (χ2n) is 14.1. The third-order valence-corrected chi connectivity index (χ3v) is 10.1. The number of alkyl carbamates (subject to hydrolysis) is 2. The van der Waals surface area contributed by atoms with Crippen molar-refractivity contribution >= 4 is 34.8 Å².